The van der Waals surface area contributed by atoms with Crippen LogP contribution in [0.5, 0.6) is 0 Å². The van der Waals surface area contributed by atoms with Crippen molar-refractivity contribution < 1.29 is 9.53 Å². The second kappa shape index (κ2) is 8.63. The first-order chi connectivity index (χ1) is 9.54. The van der Waals surface area contributed by atoms with Gasteiger partial charge in [-0.2, -0.15) is 0 Å². The first-order valence-electron chi connectivity index (χ1n) is 8.08. The molecule has 4 nitrogen and oxygen atoms in total. The number of hydrogen-bond donors (Lipinski definition) is 1. The Bertz CT molecular complexity index is 286. The van der Waals surface area contributed by atoms with Gasteiger partial charge >= 0.3 is 5.97 Å². The molecule has 1 atom stereocenters. The zero-order chi connectivity index (χ0) is 15.0. The second-order valence-corrected chi connectivity index (χ2v) is 6.32. The maximum atomic E-state index is 11.7. The Labute approximate surface area is 124 Å². The first-order valence-corrected chi connectivity index (χ1v) is 8.08. The molecule has 1 saturated heterocycles. The van der Waals surface area contributed by atoms with E-state index in [1.165, 1.54) is 26.4 Å². The van der Waals surface area contributed by atoms with E-state index in [4.69, 9.17) is 4.74 Å². The van der Waals surface area contributed by atoms with Crippen molar-refractivity contribution in [3.63, 3.8) is 0 Å². The van der Waals surface area contributed by atoms with E-state index in [1.54, 1.807) is 0 Å². The van der Waals surface area contributed by atoms with Gasteiger partial charge in [0.05, 0.1) is 7.11 Å². The summed E-state index contributed by atoms with van der Waals surface area (Å²) in [6, 6.07) is -0.153. The molecule has 0 amide bonds. The molecule has 1 aliphatic rings. The van der Waals surface area contributed by atoms with Gasteiger partial charge in [0, 0.05) is 6.54 Å². The lowest BCUT2D eigenvalue weighted by Gasteiger charge is -2.39. The summed E-state index contributed by atoms with van der Waals surface area (Å²) in [4.78, 5) is 14.2. The summed E-state index contributed by atoms with van der Waals surface area (Å²) >= 11 is 0. The molecule has 0 aromatic carbocycles. The summed E-state index contributed by atoms with van der Waals surface area (Å²) in [7, 11) is 1.47. The zero-order valence-electron chi connectivity index (χ0n) is 13.7. The number of ether oxygens (including phenoxy) is 1. The average Bonchev–Trinajstić information content (AvgIpc) is 2.48. The maximum absolute atomic E-state index is 11.7. The molecule has 1 N–H and O–H groups in total. The van der Waals surface area contributed by atoms with Crippen molar-refractivity contribution in [3.8, 4) is 0 Å². The van der Waals surface area contributed by atoms with Crippen LogP contribution >= 0.6 is 0 Å². The summed E-state index contributed by atoms with van der Waals surface area (Å²) in [5.74, 6) is -0.131. The van der Waals surface area contributed by atoms with Gasteiger partial charge in [-0.3, -0.25) is 4.79 Å². The number of hydrogen-bond acceptors (Lipinski definition) is 4. The number of carbonyl (C=O) groups is 1. The van der Waals surface area contributed by atoms with Crippen molar-refractivity contribution in [2.24, 2.45) is 5.41 Å². The summed E-state index contributed by atoms with van der Waals surface area (Å²) in [5.41, 5.74) is 0.526. The van der Waals surface area contributed by atoms with Gasteiger partial charge in [-0.1, -0.05) is 27.2 Å². The minimum absolute atomic E-state index is 0.131. The Hall–Kier alpha value is -0.610. The molecule has 1 aliphatic heterocycles. The van der Waals surface area contributed by atoms with Gasteiger partial charge in [0.15, 0.2) is 0 Å². The number of nitrogens with zero attached hydrogens (tertiary/aromatic N) is 1. The maximum Gasteiger partial charge on any atom is 0.322 e. The van der Waals surface area contributed by atoms with Crippen molar-refractivity contribution in [1.29, 1.82) is 0 Å². The van der Waals surface area contributed by atoms with E-state index in [1.807, 2.05) is 0 Å². The summed E-state index contributed by atoms with van der Waals surface area (Å²) < 4.78 is 4.88. The first kappa shape index (κ1) is 17.4. The largest absolute Gasteiger partial charge is 0.468 e. The van der Waals surface area contributed by atoms with Gasteiger partial charge in [0.1, 0.15) is 6.04 Å². The highest BCUT2D eigenvalue weighted by Gasteiger charge is 2.28. The van der Waals surface area contributed by atoms with E-state index >= 15 is 0 Å². The molecule has 118 valence electrons. The molecule has 1 rings (SSSR count). The third-order valence-electron chi connectivity index (χ3n) is 4.78. The van der Waals surface area contributed by atoms with Crippen LogP contribution in [-0.2, 0) is 9.53 Å². The highest BCUT2D eigenvalue weighted by atomic mass is 16.5. The van der Waals surface area contributed by atoms with Gasteiger partial charge in [-0.15, -0.1) is 0 Å². The SMILES string of the molecule is CCCNC(CCN1CCC(C)(CC)CC1)C(=O)OC. The molecular weight excluding hydrogens is 252 g/mol. The molecule has 0 aromatic rings. The number of piperidine rings is 1. The molecule has 0 aromatic heterocycles. The highest BCUT2D eigenvalue weighted by Crippen LogP contribution is 2.33. The number of carbonyl (C=O) groups excluding carboxylic acids is 1. The number of rotatable bonds is 8. The Morgan fingerprint density at radius 1 is 1.35 bits per heavy atom. The molecule has 4 heteroatoms. The van der Waals surface area contributed by atoms with E-state index in [2.05, 4.69) is 31.0 Å². The minimum atomic E-state index is -0.153. The Balaban J connectivity index is 2.35. The predicted octanol–water partition coefficient (Wildman–Crippen LogP) is 2.43. The molecule has 1 unspecified atom stereocenters. The third-order valence-corrected chi connectivity index (χ3v) is 4.78. The Kier molecular flexibility index (Phi) is 7.52. The Morgan fingerprint density at radius 3 is 2.50 bits per heavy atom. The van der Waals surface area contributed by atoms with Crippen molar-refractivity contribution in [2.75, 3.05) is 33.3 Å². The van der Waals surface area contributed by atoms with E-state index in [0.717, 1.165) is 39.0 Å². The lowest BCUT2D eigenvalue weighted by Crippen LogP contribution is -2.44. The number of esters is 1. The van der Waals surface area contributed by atoms with Crippen LogP contribution < -0.4 is 5.32 Å². The van der Waals surface area contributed by atoms with Crippen LogP contribution in [0, 0.1) is 5.41 Å². The van der Waals surface area contributed by atoms with Crippen LogP contribution in [-0.4, -0.2) is 50.2 Å². The van der Waals surface area contributed by atoms with Crippen molar-refractivity contribution in [3.05, 3.63) is 0 Å². The molecule has 0 saturated carbocycles. The van der Waals surface area contributed by atoms with Gasteiger partial charge in [-0.25, -0.2) is 0 Å². The topological polar surface area (TPSA) is 41.6 Å². The van der Waals surface area contributed by atoms with Gasteiger partial charge in [0.2, 0.25) is 0 Å². The molecule has 0 radical (unpaired) electrons. The number of methoxy groups -OCH3 is 1. The average molecular weight is 284 g/mol. The second-order valence-electron chi connectivity index (χ2n) is 6.32. The zero-order valence-corrected chi connectivity index (χ0v) is 13.7. The van der Waals surface area contributed by atoms with E-state index in [-0.39, 0.29) is 12.0 Å². The monoisotopic (exact) mass is 284 g/mol. The summed E-state index contributed by atoms with van der Waals surface area (Å²) in [6.07, 6.45) is 5.69. The lowest BCUT2D eigenvalue weighted by atomic mass is 9.78. The van der Waals surface area contributed by atoms with Crippen LogP contribution in [0.1, 0.15) is 52.9 Å². The normalized spacial score (nSPS) is 20.6. The third kappa shape index (κ3) is 5.41. The van der Waals surface area contributed by atoms with Crippen molar-refractivity contribution >= 4 is 5.97 Å². The summed E-state index contributed by atoms with van der Waals surface area (Å²) in [6.45, 7) is 11.0. The molecule has 1 heterocycles. The Morgan fingerprint density at radius 2 is 2.00 bits per heavy atom. The molecule has 20 heavy (non-hydrogen) atoms. The molecule has 1 fully saturated rings. The fourth-order valence-corrected chi connectivity index (χ4v) is 2.75. The standard InChI is InChI=1S/C16H32N2O2/c1-5-10-17-14(15(19)20-4)7-11-18-12-8-16(3,6-2)9-13-18/h14,17H,5-13H2,1-4H3. The van der Waals surface area contributed by atoms with Crippen LogP contribution in [0.2, 0.25) is 0 Å². The quantitative estimate of drug-likeness (QED) is 0.695. The molecular formula is C16H32N2O2. The lowest BCUT2D eigenvalue weighted by molar-refractivity contribution is -0.143. The fourth-order valence-electron chi connectivity index (χ4n) is 2.75. The number of likely N-dealkylation sites (tertiary alicyclic amines) is 1. The van der Waals surface area contributed by atoms with Gasteiger partial charge in [-0.05, 0) is 50.7 Å². The molecule has 0 bridgehead atoms. The van der Waals surface area contributed by atoms with Crippen LogP contribution in [0.15, 0.2) is 0 Å². The summed E-state index contributed by atoms with van der Waals surface area (Å²) in [5, 5.41) is 3.29. The van der Waals surface area contributed by atoms with Crippen LogP contribution in [0.3, 0.4) is 0 Å². The van der Waals surface area contributed by atoms with E-state index in [9.17, 15) is 4.79 Å². The van der Waals surface area contributed by atoms with Gasteiger partial charge < -0.3 is 15.0 Å². The molecule has 0 aliphatic carbocycles. The minimum Gasteiger partial charge on any atom is -0.468 e. The highest BCUT2D eigenvalue weighted by molar-refractivity contribution is 5.75. The number of nitrogens with one attached hydrogen (secondary N) is 1. The van der Waals surface area contributed by atoms with E-state index in [0.29, 0.717) is 5.41 Å². The van der Waals surface area contributed by atoms with E-state index < -0.39 is 0 Å². The molecule has 0 spiro atoms. The predicted molar refractivity (Wildman–Crippen MR) is 82.8 cm³/mol. The van der Waals surface area contributed by atoms with Gasteiger partial charge in [0.25, 0.3) is 0 Å². The smallest absolute Gasteiger partial charge is 0.322 e. The van der Waals surface area contributed by atoms with Crippen molar-refractivity contribution in [2.45, 2.75) is 58.9 Å². The van der Waals surface area contributed by atoms with Crippen LogP contribution in [0.4, 0.5) is 0 Å². The van der Waals surface area contributed by atoms with Crippen LogP contribution in [0.25, 0.3) is 0 Å². The van der Waals surface area contributed by atoms with Crippen molar-refractivity contribution in [1.82, 2.24) is 10.2 Å². The fraction of sp³-hybridized carbons (Fsp3) is 0.938.